The molecule has 4 heteroatoms. The normalized spacial score (nSPS) is 9.94. The molecular formula is C13H11ClN2S. The Morgan fingerprint density at radius 3 is 2.35 bits per heavy atom. The van der Waals surface area contributed by atoms with E-state index in [1.807, 2.05) is 48.5 Å². The maximum absolute atomic E-state index is 6.08. The standard InChI is InChI=1S/C13H11ClN2S/c14-12-8-10(6-7-11(12)13(15)17)16-9-4-2-1-3-5-9/h1-8,16H,(H2,15,17). The summed E-state index contributed by atoms with van der Waals surface area (Å²) in [4.78, 5) is 0.307. The van der Waals surface area contributed by atoms with Crippen molar-refractivity contribution >= 4 is 40.2 Å². The van der Waals surface area contributed by atoms with E-state index in [9.17, 15) is 0 Å². The highest BCUT2D eigenvalue weighted by molar-refractivity contribution is 7.80. The Labute approximate surface area is 110 Å². The summed E-state index contributed by atoms with van der Waals surface area (Å²) in [5, 5.41) is 3.80. The van der Waals surface area contributed by atoms with Crippen LogP contribution in [-0.2, 0) is 0 Å². The first-order valence-corrected chi connectivity index (χ1v) is 5.87. The van der Waals surface area contributed by atoms with Gasteiger partial charge in [-0.05, 0) is 30.3 Å². The average Bonchev–Trinajstić information content (AvgIpc) is 2.30. The van der Waals surface area contributed by atoms with Crippen LogP contribution in [0.25, 0.3) is 0 Å². The first kappa shape index (κ1) is 11.9. The van der Waals surface area contributed by atoms with Crippen molar-refractivity contribution in [3.8, 4) is 0 Å². The minimum atomic E-state index is 0.307. The van der Waals surface area contributed by atoms with E-state index in [1.54, 1.807) is 0 Å². The molecule has 2 rings (SSSR count). The molecular weight excluding hydrogens is 252 g/mol. The molecule has 0 radical (unpaired) electrons. The topological polar surface area (TPSA) is 38.0 Å². The van der Waals surface area contributed by atoms with Gasteiger partial charge in [0.2, 0.25) is 0 Å². The summed E-state index contributed by atoms with van der Waals surface area (Å²) in [6.45, 7) is 0. The molecule has 17 heavy (non-hydrogen) atoms. The van der Waals surface area contributed by atoms with Gasteiger partial charge in [0.15, 0.2) is 0 Å². The van der Waals surface area contributed by atoms with Crippen molar-refractivity contribution in [2.75, 3.05) is 5.32 Å². The zero-order chi connectivity index (χ0) is 12.3. The van der Waals surface area contributed by atoms with E-state index in [1.165, 1.54) is 0 Å². The number of nitrogens with two attached hydrogens (primary N) is 1. The zero-order valence-corrected chi connectivity index (χ0v) is 10.6. The minimum Gasteiger partial charge on any atom is -0.389 e. The first-order chi connectivity index (χ1) is 8.16. The molecule has 0 heterocycles. The number of rotatable bonds is 3. The number of thiocarbonyl (C=S) groups is 1. The van der Waals surface area contributed by atoms with Crippen LogP contribution in [0.1, 0.15) is 5.56 Å². The molecule has 86 valence electrons. The van der Waals surface area contributed by atoms with Crippen LogP contribution in [0.3, 0.4) is 0 Å². The average molecular weight is 263 g/mol. The van der Waals surface area contributed by atoms with E-state index in [-0.39, 0.29) is 0 Å². The first-order valence-electron chi connectivity index (χ1n) is 5.08. The van der Waals surface area contributed by atoms with E-state index in [0.717, 1.165) is 11.4 Å². The van der Waals surface area contributed by atoms with Crippen molar-refractivity contribution in [1.29, 1.82) is 0 Å². The third-order valence-corrected chi connectivity index (χ3v) is 2.83. The van der Waals surface area contributed by atoms with Crippen LogP contribution in [0.2, 0.25) is 5.02 Å². The zero-order valence-electron chi connectivity index (χ0n) is 8.98. The number of hydrogen-bond donors (Lipinski definition) is 2. The smallest absolute Gasteiger partial charge is 0.105 e. The van der Waals surface area contributed by atoms with Gasteiger partial charge in [-0.3, -0.25) is 0 Å². The lowest BCUT2D eigenvalue weighted by molar-refractivity contribution is 1.53. The van der Waals surface area contributed by atoms with Crippen molar-refractivity contribution < 1.29 is 0 Å². The summed E-state index contributed by atoms with van der Waals surface area (Å²) in [6.07, 6.45) is 0. The molecule has 0 aliphatic heterocycles. The molecule has 2 nitrogen and oxygen atoms in total. The monoisotopic (exact) mass is 262 g/mol. The van der Waals surface area contributed by atoms with Gasteiger partial charge in [0.25, 0.3) is 0 Å². The van der Waals surface area contributed by atoms with Crippen molar-refractivity contribution in [1.82, 2.24) is 0 Å². The molecule has 0 saturated heterocycles. The van der Waals surface area contributed by atoms with Gasteiger partial charge in [0.1, 0.15) is 4.99 Å². The number of nitrogens with one attached hydrogen (secondary N) is 1. The molecule has 2 aromatic rings. The molecule has 0 amide bonds. The van der Waals surface area contributed by atoms with Gasteiger partial charge >= 0.3 is 0 Å². The second-order valence-electron chi connectivity index (χ2n) is 3.55. The van der Waals surface area contributed by atoms with Crippen LogP contribution in [0.4, 0.5) is 11.4 Å². The second-order valence-corrected chi connectivity index (χ2v) is 4.40. The summed E-state index contributed by atoms with van der Waals surface area (Å²) in [6, 6.07) is 15.4. The lowest BCUT2D eigenvalue weighted by Crippen LogP contribution is -2.09. The van der Waals surface area contributed by atoms with Gasteiger partial charge in [-0.25, -0.2) is 0 Å². The highest BCUT2D eigenvalue weighted by atomic mass is 35.5. The van der Waals surface area contributed by atoms with Crippen molar-refractivity contribution in [3.05, 3.63) is 59.1 Å². The Morgan fingerprint density at radius 2 is 1.76 bits per heavy atom. The Balaban J connectivity index is 2.24. The fourth-order valence-corrected chi connectivity index (χ4v) is 2.00. The SMILES string of the molecule is NC(=S)c1ccc(Nc2ccccc2)cc1Cl. The van der Waals surface area contributed by atoms with Crippen LogP contribution < -0.4 is 11.1 Å². The molecule has 0 spiro atoms. The quantitative estimate of drug-likeness (QED) is 0.828. The fraction of sp³-hybridized carbons (Fsp3) is 0. The molecule has 0 atom stereocenters. The van der Waals surface area contributed by atoms with Gasteiger partial charge in [-0.1, -0.05) is 42.0 Å². The maximum Gasteiger partial charge on any atom is 0.105 e. The van der Waals surface area contributed by atoms with Crippen LogP contribution in [0, 0.1) is 0 Å². The Hall–Kier alpha value is -1.58. The molecule has 0 saturated carbocycles. The predicted molar refractivity (Wildman–Crippen MR) is 77.1 cm³/mol. The van der Waals surface area contributed by atoms with Crippen LogP contribution in [0.5, 0.6) is 0 Å². The summed E-state index contributed by atoms with van der Waals surface area (Å²) in [5.74, 6) is 0. The van der Waals surface area contributed by atoms with Gasteiger partial charge in [0, 0.05) is 16.9 Å². The third-order valence-electron chi connectivity index (χ3n) is 2.30. The van der Waals surface area contributed by atoms with Gasteiger partial charge in [0.05, 0.1) is 5.02 Å². The third kappa shape index (κ3) is 2.96. The number of anilines is 2. The van der Waals surface area contributed by atoms with Crippen LogP contribution in [-0.4, -0.2) is 4.99 Å². The predicted octanol–water partition coefficient (Wildman–Crippen LogP) is 3.72. The molecule has 0 fully saturated rings. The summed E-state index contributed by atoms with van der Waals surface area (Å²) < 4.78 is 0. The highest BCUT2D eigenvalue weighted by Gasteiger charge is 2.04. The van der Waals surface area contributed by atoms with Gasteiger partial charge < -0.3 is 11.1 Å². The molecule has 0 aliphatic carbocycles. The van der Waals surface area contributed by atoms with E-state index in [0.29, 0.717) is 15.6 Å². The minimum absolute atomic E-state index is 0.307. The van der Waals surface area contributed by atoms with Gasteiger partial charge in [-0.2, -0.15) is 0 Å². The summed E-state index contributed by atoms with van der Waals surface area (Å²) >= 11 is 11.0. The largest absolute Gasteiger partial charge is 0.389 e. The second kappa shape index (κ2) is 5.17. The number of halogens is 1. The number of para-hydroxylation sites is 1. The van der Waals surface area contributed by atoms with Crippen LogP contribution in [0.15, 0.2) is 48.5 Å². The Morgan fingerprint density at radius 1 is 1.06 bits per heavy atom. The molecule has 2 aromatic carbocycles. The molecule has 0 bridgehead atoms. The number of benzene rings is 2. The lowest BCUT2D eigenvalue weighted by atomic mass is 10.2. The lowest BCUT2D eigenvalue weighted by Gasteiger charge is -2.08. The summed E-state index contributed by atoms with van der Waals surface area (Å²) in [5.41, 5.74) is 8.15. The van der Waals surface area contributed by atoms with Gasteiger partial charge in [-0.15, -0.1) is 0 Å². The Bertz CT molecular complexity index is 540. The highest BCUT2D eigenvalue weighted by Crippen LogP contribution is 2.23. The van der Waals surface area contributed by atoms with Crippen LogP contribution >= 0.6 is 23.8 Å². The number of hydrogen-bond acceptors (Lipinski definition) is 2. The fourth-order valence-electron chi connectivity index (χ4n) is 1.48. The molecule has 0 unspecified atom stereocenters. The van der Waals surface area contributed by atoms with E-state index < -0.39 is 0 Å². The van der Waals surface area contributed by atoms with Crippen molar-refractivity contribution in [2.24, 2.45) is 5.73 Å². The summed E-state index contributed by atoms with van der Waals surface area (Å²) in [7, 11) is 0. The Kier molecular flexibility index (Phi) is 3.61. The molecule has 3 N–H and O–H groups in total. The van der Waals surface area contributed by atoms with E-state index in [4.69, 9.17) is 29.6 Å². The molecule has 0 aliphatic rings. The van der Waals surface area contributed by atoms with E-state index >= 15 is 0 Å². The van der Waals surface area contributed by atoms with E-state index in [2.05, 4.69) is 5.32 Å². The van der Waals surface area contributed by atoms with Crippen molar-refractivity contribution in [2.45, 2.75) is 0 Å². The van der Waals surface area contributed by atoms with Crippen molar-refractivity contribution in [3.63, 3.8) is 0 Å². The molecule has 0 aromatic heterocycles. The maximum atomic E-state index is 6.08.